The van der Waals surface area contributed by atoms with E-state index in [0.717, 1.165) is 0 Å². The van der Waals surface area contributed by atoms with Crippen molar-refractivity contribution in [2.24, 2.45) is 17.8 Å². The van der Waals surface area contributed by atoms with E-state index in [-0.39, 0.29) is 5.02 Å². The molecule has 0 bridgehead atoms. The molecule has 1 aromatic rings. The zero-order valence-electron chi connectivity index (χ0n) is 12.6. The fraction of sp³-hybridized carbons (Fsp3) is 0.556. The molecule has 0 amide bonds. The van der Waals surface area contributed by atoms with Crippen LogP contribution in [-0.4, -0.2) is 13.2 Å². The lowest BCUT2D eigenvalue weighted by atomic mass is 9.76. The van der Waals surface area contributed by atoms with Gasteiger partial charge in [0.25, 0.3) is 0 Å². The Morgan fingerprint density at radius 1 is 1.09 bits per heavy atom. The number of halogens is 2. The normalized spacial score (nSPS) is 32.6. The minimum Gasteiger partial charge on any atom is -0.348 e. The zero-order valence-corrected chi connectivity index (χ0v) is 13.4. The van der Waals surface area contributed by atoms with Crippen LogP contribution in [0.3, 0.4) is 0 Å². The Bertz CT molecular complexity index is 518. The molecule has 0 atom stereocenters. The highest BCUT2D eigenvalue weighted by Crippen LogP contribution is 2.37. The van der Waals surface area contributed by atoms with E-state index in [9.17, 15) is 4.39 Å². The van der Waals surface area contributed by atoms with Gasteiger partial charge in [-0.15, -0.1) is 6.58 Å². The molecule has 22 heavy (non-hydrogen) atoms. The van der Waals surface area contributed by atoms with Crippen LogP contribution in [0, 0.1) is 23.6 Å². The Morgan fingerprint density at radius 2 is 1.77 bits per heavy atom. The van der Waals surface area contributed by atoms with E-state index in [0.29, 0.717) is 36.5 Å². The molecule has 0 unspecified atom stereocenters. The first-order valence-electron chi connectivity index (χ1n) is 7.98. The second-order valence-corrected chi connectivity index (χ2v) is 6.75. The average molecular weight is 325 g/mol. The minimum absolute atomic E-state index is 0.122. The van der Waals surface area contributed by atoms with Crippen LogP contribution in [-0.2, 0) is 9.47 Å². The van der Waals surface area contributed by atoms with Gasteiger partial charge in [-0.3, -0.25) is 0 Å². The molecule has 1 saturated heterocycles. The van der Waals surface area contributed by atoms with Gasteiger partial charge in [-0.25, -0.2) is 4.39 Å². The van der Waals surface area contributed by atoms with Crippen molar-refractivity contribution in [2.75, 3.05) is 13.2 Å². The van der Waals surface area contributed by atoms with Crippen LogP contribution in [0.5, 0.6) is 0 Å². The highest BCUT2D eigenvalue weighted by atomic mass is 35.5. The molecule has 1 aliphatic carbocycles. The van der Waals surface area contributed by atoms with Gasteiger partial charge in [0.05, 0.1) is 18.2 Å². The summed E-state index contributed by atoms with van der Waals surface area (Å²) in [6.07, 6.45) is 6.47. The summed E-state index contributed by atoms with van der Waals surface area (Å²) in [6.45, 7) is 5.25. The first-order chi connectivity index (χ1) is 10.7. The molecule has 4 heteroatoms. The predicted molar refractivity (Wildman–Crippen MR) is 85.2 cm³/mol. The van der Waals surface area contributed by atoms with Gasteiger partial charge < -0.3 is 9.47 Å². The molecular weight excluding hydrogens is 303 g/mol. The molecule has 3 rings (SSSR count). The second-order valence-electron chi connectivity index (χ2n) is 6.34. The molecule has 0 aromatic heterocycles. The number of benzene rings is 1. The summed E-state index contributed by atoms with van der Waals surface area (Å²) in [5.41, 5.74) is 0.690. The maximum Gasteiger partial charge on any atom is 0.183 e. The number of hydrogen-bond acceptors (Lipinski definition) is 2. The van der Waals surface area contributed by atoms with Crippen molar-refractivity contribution in [3.05, 3.63) is 47.3 Å². The van der Waals surface area contributed by atoms with Crippen LogP contribution in [0.1, 0.15) is 37.5 Å². The van der Waals surface area contributed by atoms with Crippen LogP contribution in [0.15, 0.2) is 30.9 Å². The molecule has 1 saturated carbocycles. The lowest BCUT2D eigenvalue weighted by molar-refractivity contribution is -0.214. The maximum absolute atomic E-state index is 13.5. The molecule has 0 N–H and O–H groups in total. The molecule has 120 valence electrons. The molecule has 0 spiro atoms. The summed E-state index contributed by atoms with van der Waals surface area (Å²) in [5, 5.41) is 0.122. The summed E-state index contributed by atoms with van der Waals surface area (Å²) in [4.78, 5) is 0. The van der Waals surface area contributed by atoms with Gasteiger partial charge >= 0.3 is 0 Å². The number of rotatable bonds is 3. The largest absolute Gasteiger partial charge is 0.348 e. The Balaban J connectivity index is 1.54. The molecule has 0 radical (unpaired) electrons. The highest BCUT2D eigenvalue weighted by molar-refractivity contribution is 6.30. The second kappa shape index (κ2) is 7.12. The third-order valence-corrected chi connectivity index (χ3v) is 5.26. The van der Waals surface area contributed by atoms with E-state index in [1.807, 2.05) is 0 Å². The minimum atomic E-state index is -0.479. The van der Waals surface area contributed by atoms with Crippen molar-refractivity contribution in [1.29, 1.82) is 0 Å². The van der Waals surface area contributed by atoms with E-state index >= 15 is 0 Å². The fourth-order valence-electron chi connectivity index (χ4n) is 3.49. The van der Waals surface area contributed by atoms with Crippen LogP contribution < -0.4 is 0 Å². The molecule has 1 aliphatic heterocycles. The summed E-state index contributed by atoms with van der Waals surface area (Å²) >= 11 is 5.70. The Labute approximate surface area is 136 Å². The SMILES string of the molecule is C=C[C@H]1CC[C@H](C2COC(c3ccc(Cl)c(F)c3)OC2)CC1. The van der Waals surface area contributed by atoms with Crippen molar-refractivity contribution in [1.82, 2.24) is 0 Å². The fourth-order valence-corrected chi connectivity index (χ4v) is 3.61. The van der Waals surface area contributed by atoms with Crippen molar-refractivity contribution < 1.29 is 13.9 Å². The van der Waals surface area contributed by atoms with Crippen LogP contribution in [0.4, 0.5) is 4.39 Å². The van der Waals surface area contributed by atoms with E-state index < -0.39 is 12.1 Å². The Hall–Kier alpha value is -0.900. The monoisotopic (exact) mass is 324 g/mol. The van der Waals surface area contributed by atoms with Gasteiger partial charge in [0.15, 0.2) is 6.29 Å². The Morgan fingerprint density at radius 3 is 2.36 bits per heavy atom. The third-order valence-electron chi connectivity index (χ3n) is 4.96. The quantitative estimate of drug-likeness (QED) is 0.717. The first-order valence-corrected chi connectivity index (χ1v) is 8.36. The number of ether oxygens (including phenoxy) is 2. The predicted octanol–water partition coefficient (Wildman–Crippen LogP) is 5.13. The van der Waals surface area contributed by atoms with Crippen LogP contribution >= 0.6 is 11.6 Å². The summed E-state index contributed by atoms with van der Waals surface area (Å²) in [7, 11) is 0. The van der Waals surface area contributed by atoms with Crippen LogP contribution in [0.2, 0.25) is 5.02 Å². The maximum atomic E-state index is 13.5. The topological polar surface area (TPSA) is 18.5 Å². The first kappa shape index (κ1) is 16.0. The smallest absolute Gasteiger partial charge is 0.183 e. The molecule has 1 aromatic carbocycles. The molecule has 2 nitrogen and oxygen atoms in total. The summed E-state index contributed by atoms with van der Waals surface area (Å²) in [6, 6.07) is 4.69. The van der Waals surface area contributed by atoms with E-state index in [2.05, 4.69) is 12.7 Å². The number of allylic oxidation sites excluding steroid dienone is 1. The molecular formula is C18H22ClFO2. The van der Waals surface area contributed by atoms with Crippen molar-refractivity contribution in [3.63, 3.8) is 0 Å². The van der Waals surface area contributed by atoms with E-state index in [1.54, 1.807) is 12.1 Å². The van der Waals surface area contributed by atoms with Gasteiger partial charge in [0.2, 0.25) is 0 Å². The molecule has 2 aliphatic rings. The lowest BCUT2D eigenvalue weighted by Gasteiger charge is -2.37. The van der Waals surface area contributed by atoms with Gasteiger partial charge in [0, 0.05) is 11.5 Å². The summed E-state index contributed by atoms with van der Waals surface area (Å²) in [5.74, 6) is 1.35. The van der Waals surface area contributed by atoms with Crippen molar-refractivity contribution in [3.8, 4) is 0 Å². The van der Waals surface area contributed by atoms with Gasteiger partial charge in [0.1, 0.15) is 5.82 Å². The van der Waals surface area contributed by atoms with E-state index in [1.165, 1.54) is 31.7 Å². The average Bonchev–Trinajstić information content (AvgIpc) is 2.58. The van der Waals surface area contributed by atoms with Crippen molar-refractivity contribution >= 4 is 11.6 Å². The van der Waals surface area contributed by atoms with Crippen LogP contribution in [0.25, 0.3) is 0 Å². The zero-order chi connectivity index (χ0) is 15.5. The third kappa shape index (κ3) is 3.53. The summed E-state index contributed by atoms with van der Waals surface area (Å²) < 4.78 is 25.2. The van der Waals surface area contributed by atoms with E-state index in [4.69, 9.17) is 21.1 Å². The standard InChI is InChI=1S/C18H22ClFO2/c1-2-12-3-5-13(6-4-12)15-10-21-18(22-11-15)14-7-8-16(19)17(20)9-14/h2,7-9,12-13,15,18H,1,3-6,10-11H2/t12-,13-,15?,18?. The van der Waals surface area contributed by atoms with Gasteiger partial charge in [-0.2, -0.15) is 0 Å². The molecule has 2 fully saturated rings. The van der Waals surface area contributed by atoms with Gasteiger partial charge in [-0.1, -0.05) is 23.7 Å². The number of hydrogen-bond donors (Lipinski definition) is 0. The van der Waals surface area contributed by atoms with Crippen molar-refractivity contribution in [2.45, 2.75) is 32.0 Å². The van der Waals surface area contributed by atoms with Gasteiger partial charge in [-0.05, 0) is 49.7 Å². The Kier molecular flexibility index (Phi) is 5.17. The highest BCUT2D eigenvalue weighted by Gasteiger charge is 2.32. The molecule has 1 heterocycles. The lowest BCUT2D eigenvalue weighted by Crippen LogP contribution is -2.34.